The van der Waals surface area contributed by atoms with Crippen molar-refractivity contribution in [3.63, 3.8) is 0 Å². The molecule has 2 rings (SSSR count). The highest BCUT2D eigenvalue weighted by atomic mass is 32.2. The molecule has 0 aliphatic heterocycles. The summed E-state index contributed by atoms with van der Waals surface area (Å²) in [6.07, 6.45) is 1.49. The number of hydrogen-bond donors (Lipinski definition) is 2. The zero-order valence-electron chi connectivity index (χ0n) is 9.82. The highest BCUT2D eigenvalue weighted by Crippen LogP contribution is 2.23. The van der Waals surface area contributed by atoms with E-state index in [2.05, 4.69) is 9.71 Å². The highest BCUT2D eigenvalue weighted by Gasteiger charge is 2.19. The molecule has 0 aliphatic carbocycles. The van der Waals surface area contributed by atoms with E-state index in [1.807, 2.05) is 0 Å². The van der Waals surface area contributed by atoms with E-state index in [1.54, 1.807) is 13.0 Å². The van der Waals surface area contributed by atoms with Gasteiger partial charge in [0.15, 0.2) is 0 Å². The molecule has 100 valence electrons. The first-order valence-corrected chi connectivity index (χ1v) is 7.52. The second kappa shape index (κ2) is 4.98. The fourth-order valence-electron chi connectivity index (χ4n) is 1.38. The summed E-state index contributed by atoms with van der Waals surface area (Å²) in [5.74, 6) is -1.16. The molecule has 0 spiro atoms. The molecule has 0 unspecified atom stereocenters. The predicted octanol–water partition coefficient (Wildman–Crippen LogP) is 1.95. The first-order valence-electron chi connectivity index (χ1n) is 5.16. The lowest BCUT2D eigenvalue weighted by Crippen LogP contribution is -2.11. The lowest BCUT2D eigenvalue weighted by molar-refractivity contribution is 0.0697. The lowest BCUT2D eigenvalue weighted by Gasteiger charge is -2.06. The van der Waals surface area contributed by atoms with E-state index in [0.717, 1.165) is 17.4 Å². The molecule has 2 aromatic heterocycles. The summed E-state index contributed by atoms with van der Waals surface area (Å²) in [6.45, 7) is 1.74. The van der Waals surface area contributed by atoms with Gasteiger partial charge >= 0.3 is 5.97 Å². The molecule has 0 bridgehead atoms. The first kappa shape index (κ1) is 13.5. The number of aromatic carboxylic acids is 1. The molecule has 19 heavy (non-hydrogen) atoms. The zero-order valence-corrected chi connectivity index (χ0v) is 11.5. The Kier molecular flexibility index (Phi) is 3.54. The van der Waals surface area contributed by atoms with Crippen molar-refractivity contribution in [1.29, 1.82) is 0 Å². The molecule has 2 N–H and O–H groups in total. The summed E-state index contributed by atoms with van der Waals surface area (Å²) >= 11 is 0.861. The summed E-state index contributed by atoms with van der Waals surface area (Å²) in [5, 5.41) is 10.1. The van der Waals surface area contributed by atoms with Gasteiger partial charge in [-0.25, -0.2) is 13.2 Å². The van der Waals surface area contributed by atoms with Crippen LogP contribution in [0.1, 0.15) is 16.1 Å². The molecule has 6 nitrogen and oxygen atoms in total. The summed E-state index contributed by atoms with van der Waals surface area (Å²) in [4.78, 5) is 14.7. The van der Waals surface area contributed by atoms with Gasteiger partial charge in [0.1, 0.15) is 4.21 Å². The van der Waals surface area contributed by atoms with Crippen molar-refractivity contribution >= 4 is 33.0 Å². The van der Waals surface area contributed by atoms with E-state index in [1.165, 1.54) is 17.6 Å². The van der Waals surface area contributed by atoms with E-state index in [-0.39, 0.29) is 9.77 Å². The van der Waals surface area contributed by atoms with Crippen molar-refractivity contribution in [2.45, 2.75) is 11.1 Å². The number of carbonyl (C=O) groups is 1. The molecule has 0 radical (unpaired) electrons. The minimum atomic E-state index is -3.77. The van der Waals surface area contributed by atoms with Crippen LogP contribution in [0.2, 0.25) is 0 Å². The molecule has 0 amide bonds. The Morgan fingerprint density at radius 1 is 1.42 bits per heavy atom. The number of carboxylic acids is 1. The molecule has 2 heterocycles. The van der Waals surface area contributed by atoms with Gasteiger partial charge in [0.25, 0.3) is 10.0 Å². The molecule has 0 aromatic carbocycles. The van der Waals surface area contributed by atoms with Crippen LogP contribution in [-0.2, 0) is 10.0 Å². The van der Waals surface area contributed by atoms with Crippen LogP contribution in [0.4, 0.5) is 5.69 Å². The molecular formula is C11H10N2O4S2. The van der Waals surface area contributed by atoms with Crippen molar-refractivity contribution in [2.24, 2.45) is 0 Å². The number of aromatic nitrogens is 1. The third-order valence-corrected chi connectivity index (χ3v) is 5.06. The fraction of sp³-hybridized carbons (Fsp3) is 0.0909. The molecule has 0 saturated heterocycles. The summed E-state index contributed by atoms with van der Waals surface area (Å²) in [5.41, 5.74) is 1.02. The van der Waals surface area contributed by atoms with Crippen LogP contribution in [0.25, 0.3) is 0 Å². The quantitative estimate of drug-likeness (QED) is 0.899. The molecular weight excluding hydrogens is 288 g/mol. The maximum Gasteiger partial charge on any atom is 0.336 e. The van der Waals surface area contributed by atoms with Gasteiger partial charge in [0.05, 0.1) is 11.3 Å². The Morgan fingerprint density at radius 2 is 2.16 bits per heavy atom. The van der Waals surface area contributed by atoms with Crippen molar-refractivity contribution < 1.29 is 18.3 Å². The monoisotopic (exact) mass is 298 g/mol. The third kappa shape index (κ3) is 3.09. The van der Waals surface area contributed by atoms with Gasteiger partial charge in [0.2, 0.25) is 0 Å². The Labute approximate surface area is 113 Å². The maximum absolute atomic E-state index is 12.0. The van der Waals surface area contributed by atoms with Crippen LogP contribution in [0, 0.1) is 6.92 Å². The Balaban J connectivity index is 2.29. The van der Waals surface area contributed by atoms with E-state index >= 15 is 0 Å². The number of nitrogens with one attached hydrogen (secondary N) is 1. The standard InChI is InChI=1S/C11H10N2O4S2/c1-7-4-9(2-3-12-7)13-19(16,17)10-5-8(6-18-10)11(14)15/h2-6H,1H3,(H,12,13)(H,14,15). The molecule has 0 saturated carbocycles. The molecule has 0 aliphatic rings. The number of aryl methyl sites for hydroxylation is 1. The largest absolute Gasteiger partial charge is 0.478 e. The number of sulfonamides is 1. The van der Waals surface area contributed by atoms with Gasteiger partial charge in [-0.1, -0.05) is 0 Å². The Morgan fingerprint density at radius 3 is 2.74 bits per heavy atom. The van der Waals surface area contributed by atoms with Gasteiger partial charge in [-0.3, -0.25) is 9.71 Å². The van der Waals surface area contributed by atoms with Crippen LogP contribution in [0.3, 0.4) is 0 Å². The zero-order chi connectivity index (χ0) is 14.0. The molecule has 8 heteroatoms. The summed E-state index contributed by atoms with van der Waals surface area (Å²) in [6, 6.07) is 4.24. The molecule has 2 aromatic rings. The number of hydrogen-bond acceptors (Lipinski definition) is 5. The first-order chi connectivity index (χ1) is 8.88. The van der Waals surface area contributed by atoms with E-state index in [4.69, 9.17) is 5.11 Å². The van der Waals surface area contributed by atoms with E-state index < -0.39 is 16.0 Å². The second-order valence-corrected chi connectivity index (χ2v) is 6.57. The normalized spacial score (nSPS) is 11.2. The lowest BCUT2D eigenvalue weighted by atomic mass is 10.3. The van der Waals surface area contributed by atoms with Crippen LogP contribution < -0.4 is 4.72 Å². The summed E-state index contributed by atoms with van der Waals surface area (Å²) in [7, 11) is -3.77. The SMILES string of the molecule is Cc1cc(NS(=O)(=O)c2cc(C(=O)O)cs2)ccn1. The highest BCUT2D eigenvalue weighted by molar-refractivity contribution is 7.94. The van der Waals surface area contributed by atoms with Gasteiger partial charge in [-0.05, 0) is 25.1 Å². The number of nitrogens with zero attached hydrogens (tertiary/aromatic N) is 1. The van der Waals surface area contributed by atoms with Crippen molar-refractivity contribution in [3.05, 3.63) is 41.0 Å². The Bertz CT molecular complexity index is 722. The van der Waals surface area contributed by atoms with Crippen LogP contribution in [0.15, 0.2) is 34.0 Å². The van der Waals surface area contributed by atoms with E-state index in [0.29, 0.717) is 11.4 Å². The number of thiophene rings is 1. The minimum Gasteiger partial charge on any atom is -0.478 e. The van der Waals surface area contributed by atoms with Gasteiger partial charge < -0.3 is 5.11 Å². The average Bonchev–Trinajstić information content (AvgIpc) is 2.78. The van der Waals surface area contributed by atoms with Gasteiger partial charge in [-0.15, -0.1) is 11.3 Å². The Hall–Kier alpha value is -1.93. The van der Waals surface area contributed by atoms with Crippen molar-refractivity contribution in [2.75, 3.05) is 4.72 Å². The van der Waals surface area contributed by atoms with Gasteiger partial charge in [-0.2, -0.15) is 0 Å². The molecule has 0 fully saturated rings. The van der Waals surface area contributed by atoms with Crippen LogP contribution >= 0.6 is 11.3 Å². The van der Waals surface area contributed by atoms with Crippen LogP contribution in [-0.4, -0.2) is 24.5 Å². The third-order valence-electron chi connectivity index (χ3n) is 2.24. The van der Waals surface area contributed by atoms with Gasteiger partial charge in [0, 0.05) is 17.3 Å². The smallest absolute Gasteiger partial charge is 0.336 e. The number of pyridine rings is 1. The van der Waals surface area contributed by atoms with E-state index in [9.17, 15) is 13.2 Å². The second-order valence-electron chi connectivity index (χ2n) is 3.75. The average molecular weight is 298 g/mol. The number of anilines is 1. The molecule has 0 atom stereocenters. The topological polar surface area (TPSA) is 96.4 Å². The number of carboxylic acid groups (broad SMARTS) is 1. The maximum atomic E-state index is 12.0. The fourth-order valence-corrected chi connectivity index (χ4v) is 3.59. The number of rotatable bonds is 4. The summed E-state index contributed by atoms with van der Waals surface area (Å²) < 4.78 is 26.4. The van der Waals surface area contributed by atoms with Crippen molar-refractivity contribution in [3.8, 4) is 0 Å². The predicted molar refractivity (Wildman–Crippen MR) is 71.1 cm³/mol. The minimum absolute atomic E-state index is 0.0423. The van der Waals surface area contributed by atoms with Crippen molar-refractivity contribution in [1.82, 2.24) is 4.98 Å². The van der Waals surface area contributed by atoms with Crippen LogP contribution in [0.5, 0.6) is 0 Å².